The van der Waals surface area contributed by atoms with Gasteiger partial charge in [-0.3, -0.25) is 0 Å². The number of hydrogen-bond acceptors (Lipinski definition) is 2. The van der Waals surface area contributed by atoms with Crippen LogP contribution in [0.4, 0.5) is 0 Å². The third-order valence-corrected chi connectivity index (χ3v) is 2.94. The number of halogens is 2. The van der Waals surface area contributed by atoms with Gasteiger partial charge >= 0.3 is 0 Å². The van der Waals surface area contributed by atoms with Gasteiger partial charge in [0, 0.05) is 9.80 Å². The molecule has 2 rings (SSSR count). The van der Waals surface area contributed by atoms with Crippen molar-refractivity contribution in [3.63, 3.8) is 0 Å². The zero-order valence-corrected chi connectivity index (χ0v) is 10.5. The Morgan fingerprint density at radius 3 is 2.71 bits per heavy atom. The van der Waals surface area contributed by atoms with Gasteiger partial charge in [0.05, 0.1) is 0 Å². The average Bonchev–Trinajstić information content (AvgIpc) is 2.61. The first-order valence-corrected chi connectivity index (χ1v) is 6.04. The van der Waals surface area contributed by atoms with Gasteiger partial charge in [-0.05, 0) is 17.7 Å². The minimum atomic E-state index is 0.313. The quantitative estimate of drug-likeness (QED) is 0.776. The van der Waals surface area contributed by atoms with Crippen LogP contribution < -0.4 is 9.47 Å². The molecule has 0 unspecified atom stereocenters. The van der Waals surface area contributed by atoms with Gasteiger partial charge in [-0.2, -0.15) is 0 Å². The Morgan fingerprint density at radius 1 is 1.29 bits per heavy atom. The summed E-state index contributed by atoms with van der Waals surface area (Å²) >= 11 is 6.81. The van der Waals surface area contributed by atoms with Crippen LogP contribution in [0.3, 0.4) is 0 Å². The number of ether oxygens (including phenoxy) is 2. The summed E-state index contributed by atoms with van der Waals surface area (Å²) in [5, 5.41) is 0.841. The number of fused-ring (bicyclic) bond motifs is 1. The number of hydrogen-bond donors (Lipinski definition) is 0. The molecule has 1 heterocycles. The summed E-state index contributed by atoms with van der Waals surface area (Å²) in [5.41, 5.74) is 1.09. The van der Waals surface area contributed by atoms with Crippen molar-refractivity contribution in [3.8, 4) is 11.5 Å². The van der Waals surface area contributed by atoms with Crippen LogP contribution >= 0.6 is 31.9 Å². The lowest BCUT2D eigenvalue weighted by atomic mass is 10.2. The monoisotopic (exact) mass is 318 g/mol. The van der Waals surface area contributed by atoms with Crippen LogP contribution in [0.1, 0.15) is 5.56 Å². The maximum atomic E-state index is 5.29. The topological polar surface area (TPSA) is 18.5 Å². The van der Waals surface area contributed by atoms with Crippen molar-refractivity contribution in [1.29, 1.82) is 0 Å². The summed E-state index contributed by atoms with van der Waals surface area (Å²) in [6.45, 7) is 0.313. The first-order valence-electron chi connectivity index (χ1n) is 4.13. The number of benzene rings is 1. The Morgan fingerprint density at radius 2 is 2.00 bits per heavy atom. The fourth-order valence-corrected chi connectivity index (χ4v) is 1.87. The van der Waals surface area contributed by atoms with E-state index >= 15 is 0 Å². The second kappa shape index (κ2) is 4.36. The molecule has 1 aliphatic rings. The molecular formula is C10H8Br2O2. The molecule has 0 aromatic heterocycles. The highest BCUT2D eigenvalue weighted by Gasteiger charge is 2.14. The smallest absolute Gasteiger partial charge is 0.231 e. The van der Waals surface area contributed by atoms with E-state index in [-0.39, 0.29) is 0 Å². The molecule has 0 atom stereocenters. The molecule has 1 aromatic rings. The van der Waals surface area contributed by atoms with Crippen LogP contribution in [0.15, 0.2) is 22.7 Å². The highest BCUT2D eigenvalue weighted by Crippen LogP contribution is 2.37. The van der Waals surface area contributed by atoms with Gasteiger partial charge in [0.25, 0.3) is 0 Å². The van der Waals surface area contributed by atoms with Crippen molar-refractivity contribution < 1.29 is 9.47 Å². The molecule has 0 saturated carbocycles. The molecule has 0 amide bonds. The van der Waals surface area contributed by atoms with E-state index in [0.29, 0.717) is 6.79 Å². The maximum absolute atomic E-state index is 5.29. The molecule has 1 aliphatic heterocycles. The molecular weight excluding hydrogens is 312 g/mol. The van der Waals surface area contributed by atoms with Gasteiger partial charge in [-0.1, -0.05) is 44.0 Å². The van der Waals surface area contributed by atoms with Crippen molar-refractivity contribution in [2.45, 2.75) is 0 Å². The normalized spacial score (nSPS) is 13.9. The van der Waals surface area contributed by atoms with Crippen molar-refractivity contribution in [2.75, 3.05) is 12.1 Å². The van der Waals surface area contributed by atoms with Gasteiger partial charge in [0.1, 0.15) is 0 Å². The van der Waals surface area contributed by atoms with Gasteiger partial charge in [0.2, 0.25) is 6.79 Å². The lowest BCUT2D eigenvalue weighted by Gasteiger charge is -2.01. The van der Waals surface area contributed by atoms with Gasteiger partial charge in [-0.25, -0.2) is 0 Å². The fourth-order valence-electron chi connectivity index (χ4n) is 1.23. The van der Waals surface area contributed by atoms with Crippen molar-refractivity contribution >= 4 is 37.9 Å². The van der Waals surface area contributed by atoms with Gasteiger partial charge in [0.15, 0.2) is 11.5 Å². The second-order valence-corrected chi connectivity index (χ2v) is 4.29. The zero-order valence-electron chi connectivity index (χ0n) is 7.30. The Kier molecular flexibility index (Phi) is 3.13. The van der Waals surface area contributed by atoms with E-state index in [1.54, 1.807) is 0 Å². The largest absolute Gasteiger partial charge is 0.454 e. The van der Waals surface area contributed by atoms with Crippen LogP contribution in [-0.4, -0.2) is 12.1 Å². The standard InChI is InChI=1S/C10H8Br2O2/c11-3-1-2-7-4-9-10(5-8(7)12)14-6-13-9/h1-2,4-5H,3,6H2. The third kappa shape index (κ3) is 1.96. The number of rotatable bonds is 2. The summed E-state index contributed by atoms with van der Waals surface area (Å²) in [5.74, 6) is 1.61. The summed E-state index contributed by atoms with van der Waals surface area (Å²) in [7, 11) is 0. The second-order valence-electron chi connectivity index (χ2n) is 2.78. The molecule has 2 nitrogen and oxygen atoms in total. The molecule has 0 N–H and O–H groups in total. The van der Waals surface area contributed by atoms with Gasteiger partial charge in [-0.15, -0.1) is 0 Å². The first-order chi connectivity index (χ1) is 6.81. The maximum Gasteiger partial charge on any atom is 0.231 e. The molecule has 0 spiro atoms. The Hall–Kier alpha value is -0.480. The molecule has 0 saturated heterocycles. The lowest BCUT2D eigenvalue weighted by molar-refractivity contribution is 0.174. The molecule has 14 heavy (non-hydrogen) atoms. The van der Waals surface area contributed by atoms with Crippen LogP contribution in [0.2, 0.25) is 0 Å². The zero-order chi connectivity index (χ0) is 9.97. The summed E-state index contributed by atoms with van der Waals surface area (Å²) in [6.07, 6.45) is 4.06. The molecule has 74 valence electrons. The number of alkyl halides is 1. The average molecular weight is 320 g/mol. The lowest BCUT2D eigenvalue weighted by Crippen LogP contribution is -1.92. The van der Waals surface area contributed by atoms with Crippen LogP contribution in [0, 0.1) is 0 Å². The molecule has 0 radical (unpaired) electrons. The van der Waals surface area contributed by atoms with E-state index in [2.05, 4.69) is 31.9 Å². The fraction of sp³-hybridized carbons (Fsp3) is 0.200. The van der Waals surface area contributed by atoms with Crippen molar-refractivity contribution in [3.05, 3.63) is 28.2 Å². The molecule has 0 fully saturated rings. The predicted molar refractivity (Wildman–Crippen MR) is 63.1 cm³/mol. The summed E-state index contributed by atoms with van der Waals surface area (Å²) < 4.78 is 11.6. The molecule has 0 aliphatic carbocycles. The molecule has 1 aromatic carbocycles. The minimum absolute atomic E-state index is 0.313. The summed E-state index contributed by atoms with van der Waals surface area (Å²) in [4.78, 5) is 0. The predicted octanol–water partition coefficient (Wildman–Crippen LogP) is 3.59. The molecule has 0 bridgehead atoms. The van der Waals surface area contributed by atoms with E-state index < -0.39 is 0 Å². The first kappa shape index (κ1) is 10.1. The number of allylic oxidation sites excluding steroid dienone is 1. The van der Waals surface area contributed by atoms with E-state index in [4.69, 9.17) is 9.47 Å². The Bertz CT molecular complexity index is 375. The van der Waals surface area contributed by atoms with E-state index in [1.165, 1.54) is 0 Å². The van der Waals surface area contributed by atoms with Crippen molar-refractivity contribution in [2.24, 2.45) is 0 Å². The Labute approximate surface area is 99.2 Å². The van der Waals surface area contributed by atoms with E-state index in [9.17, 15) is 0 Å². The van der Waals surface area contributed by atoms with Crippen molar-refractivity contribution in [1.82, 2.24) is 0 Å². The Balaban J connectivity index is 2.37. The van der Waals surface area contributed by atoms with Crippen LogP contribution in [-0.2, 0) is 0 Å². The van der Waals surface area contributed by atoms with E-state index in [1.807, 2.05) is 24.3 Å². The van der Waals surface area contributed by atoms with Crippen LogP contribution in [0.5, 0.6) is 11.5 Å². The summed E-state index contributed by atoms with van der Waals surface area (Å²) in [6, 6.07) is 3.89. The van der Waals surface area contributed by atoms with Gasteiger partial charge < -0.3 is 9.47 Å². The highest BCUT2D eigenvalue weighted by molar-refractivity contribution is 9.10. The third-order valence-electron chi connectivity index (χ3n) is 1.88. The highest BCUT2D eigenvalue weighted by atomic mass is 79.9. The SMILES string of the molecule is BrCC=Cc1cc2c(cc1Br)OCO2. The minimum Gasteiger partial charge on any atom is -0.454 e. The van der Waals surface area contributed by atoms with E-state index in [0.717, 1.165) is 26.9 Å². The van der Waals surface area contributed by atoms with Crippen LogP contribution in [0.25, 0.3) is 6.08 Å². The molecule has 4 heteroatoms.